The number of carbonyl (C=O) groups is 1. The van der Waals surface area contributed by atoms with Crippen LogP contribution in [0.5, 0.6) is 0 Å². The summed E-state index contributed by atoms with van der Waals surface area (Å²) >= 11 is 38.7. The van der Waals surface area contributed by atoms with Gasteiger partial charge in [-0.2, -0.15) is 9.46 Å². The standard InChI is InChI=1S/C26H26Cl2FN5O2S.C24H23Cl2FN4O2.C24H17Cl2FN4O/c1-16(24-17(27)2-3-18(29)25(24)28)36-34-12-8-19-21(34)5-4-20(32-19)22-6-7-23(37-22)26(35)31-11-15-33-13-9-30-10-14-33;1-15(23-19(25)2-3-20(27)24(23)26)33-31-7-4-21-22(31)11-16(12-29-21)17-10-18(32-14-17)13-30-8-5-28-6-9-30;1-14(23-18(25)4-5-19(27)24(23)26)30-31-8-6-20-21(31)9-16(12-29-20)17-10-22(32-13-17)15-3-2-7-28-11-15/h2-8,12,16,30H,9-11,13-15H2,1H3,(H,31,35);2-4,7,10-12,14-15,28H,5-6,8-9,13H2,1H3;2-14,30H,1H3. The Morgan fingerprint density at radius 2 is 1.16 bits per heavy atom. The molecule has 2 aliphatic heterocycles. The molecule has 3 aromatic carbocycles. The lowest BCUT2D eigenvalue weighted by Crippen LogP contribution is -2.46. The highest BCUT2D eigenvalue weighted by Crippen LogP contribution is 2.38. The minimum atomic E-state index is -0.601. The lowest BCUT2D eigenvalue weighted by atomic mass is 10.1. The van der Waals surface area contributed by atoms with E-state index >= 15 is 0 Å². The fraction of sp³-hybridized carbons (Fsp3) is 0.230. The Morgan fingerprint density at radius 1 is 0.588 bits per heavy atom. The minimum Gasteiger partial charge on any atom is -0.467 e. The van der Waals surface area contributed by atoms with Crippen LogP contribution in [-0.2, 0) is 6.54 Å². The molecular formula is C74H66Cl6F3N13O5S. The van der Waals surface area contributed by atoms with Gasteiger partial charge >= 0.3 is 0 Å². The molecule has 12 heterocycles. The largest absolute Gasteiger partial charge is 0.467 e. The minimum absolute atomic E-state index is 0.00843. The summed E-state index contributed by atoms with van der Waals surface area (Å²) in [5.74, 6) is -0.0254. The number of hydrogen-bond donors (Lipinski definition) is 4. The zero-order valence-electron chi connectivity index (χ0n) is 55.1. The van der Waals surface area contributed by atoms with Gasteiger partial charge < -0.3 is 39.9 Å². The molecule has 0 bridgehead atoms. The van der Waals surface area contributed by atoms with Gasteiger partial charge in [-0.1, -0.05) is 69.6 Å². The van der Waals surface area contributed by atoms with Crippen molar-refractivity contribution in [2.24, 2.45) is 0 Å². The highest BCUT2D eigenvalue weighted by molar-refractivity contribution is 7.17. The van der Waals surface area contributed by atoms with Crippen LogP contribution in [0.15, 0.2) is 180 Å². The first-order chi connectivity index (χ1) is 49.4. The zero-order chi connectivity index (χ0) is 71.1. The van der Waals surface area contributed by atoms with Crippen LogP contribution in [-0.4, -0.2) is 115 Å². The van der Waals surface area contributed by atoms with E-state index in [1.807, 2.05) is 103 Å². The SMILES string of the molecule is CC(Nn1ccc2ncc(-c3coc(-c4cccnc4)c3)cc21)c1c(Cl)ccc(F)c1Cl.CC(On1ccc2nc(-c3ccc(C(=O)NCCN4CCNCC4)s3)ccc21)c1c(Cl)ccc(F)c1Cl.CC(On1ccc2ncc(-c3coc(CN4CCNCC4)c3)cc21)c1c(Cl)ccc(F)c1Cl. The maximum Gasteiger partial charge on any atom is 0.261 e. The van der Waals surface area contributed by atoms with Crippen LogP contribution in [0.3, 0.4) is 0 Å². The zero-order valence-corrected chi connectivity index (χ0v) is 60.4. The molecule has 1 amide bonds. The smallest absolute Gasteiger partial charge is 0.261 e. The molecule has 13 aromatic rings. The molecule has 0 radical (unpaired) electrons. The van der Waals surface area contributed by atoms with E-state index in [0.29, 0.717) is 43.2 Å². The third kappa shape index (κ3) is 16.4. The van der Waals surface area contributed by atoms with Gasteiger partial charge in [0.1, 0.15) is 40.0 Å². The average Bonchev–Trinajstić information content (AvgIpc) is 1.58. The first-order valence-electron chi connectivity index (χ1n) is 32.7. The molecule has 0 saturated carbocycles. The number of piperazine rings is 2. The van der Waals surface area contributed by atoms with Gasteiger partial charge in [-0.05, 0) is 136 Å². The Hall–Kier alpha value is -8.62. The number of carbonyl (C=O) groups excluding carboxylic acids is 1. The summed E-state index contributed by atoms with van der Waals surface area (Å²) in [4.78, 5) is 49.0. The van der Waals surface area contributed by atoms with E-state index in [2.05, 4.69) is 46.1 Å². The lowest BCUT2D eigenvalue weighted by Gasteiger charge is -2.26. The maximum atomic E-state index is 14.0. The van der Waals surface area contributed by atoms with Crippen molar-refractivity contribution in [1.82, 2.24) is 59.8 Å². The molecule has 10 aromatic heterocycles. The monoisotopic (exact) mass is 1520 g/mol. The topological polar surface area (TPSA) is 183 Å². The molecule has 2 fully saturated rings. The van der Waals surface area contributed by atoms with Gasteiger partial charge in [0.05, 0.1) is 77.7 Å². The van der Waals surface area contributed by atoms with Gasteiger partial charge in [-0.25, -0.2) is 18.2 Å². The van der Waals surface area contributed by atoms with Crippen LogP contribution < -0.4 is 31.1 Å². The van der Waals surface area contributed by atoms with Gasteiger partial charge in [-0.15, -0.1) is 11.3 Å². The molecule has 0 spiro atoms. The summed E-state index contributed by atoms with van der Waals surface area (Å²) in [6, 6.07) is 32.7. The molecule has 102 heavy (non-hydrogen) atoms. The highest BCUT2D eigenvalue weighted by atomic mass is 35.5. The van der Waals surface area contributed by atoms with Crippen molar-refractivity contribution in [1.29, 1.82) is 0 Å². The van der Waals surface area contributed by atoms with Crippen molar-refractivity contribution < 1.29 is 36.5 Å². The first-order valence-corrected chi connectivity index (χ1v) is 35.7. The Bertz CT molecular complexity index is 5110. The summed E-state index contributed by atoms with van der Waals surface area (Å²) in [7, 11) is 0. The van der Waals surface area contributed by atoms with Crippen LogP contribution in [0.25, 0.3) is 77.2 Å². The average molecular weight is 1520 g/mol. The quantitative estimate of drug-likeness (QED) is 0.0561. The molecule has 3 unspecified atom stereocenters. The van der Waals surface area contributed by atoms with Crippen LogP contribution in [0, 0.1) is 17.5 Å². The number of fused-ring (bicyclic) bond motifs is 3. The number of hydrogen-bond acceptors (Lipinski definition) is 15. The van der Waals surface area contributed by atoms with Crippen molar-refractivity contribution in [3.8, 4) is 44.1 Å². The summed E-state index contributed by atoms with van der Waals surface area (Å²) in [5, 5.41) is 10.7. The first kappa shape index (κ1) is 71.8. The highest BCUT2D eigenvalue weighted by Gasteiger charge is 2.25. The van der Waals surface area contributed by atoms with E-state index in [9.17, 15) is 18.0 Å². The molecule has 0 aliphatic carbocycles. The van der Waals surface area contributed by atoms with E-state index in [0.717, 1.165) is 148 Å². The van der Waals surface area contributed by atoms with Crippen LogP contribution in [0.1, 0.15) is 71.1 Å². The second-order valence-electron chi connectivity index (χ2n) is 24.2. The Balaban J connectivity index is 0.000000137. The van der Waals surface area contributed by atoms with Crippen molar-refractivity contribution in [2.45, 2.75) is 45.6 Å². The van der Waals surface area contributed by atoms with Gasteiger partial charge in [0, 0.05) is 168 Å². The molecule has 18 nitrogen and oxygen atoms in total. The number of nitrogens with one attached hydrogen (secondary N) is 4. The van der Waals surface area contributed by atoms with Crippen LogP contribution >= 0.6 is 80.9 Å². The lowest BCUT2D eigenvalue weighted by molar-refractivity contribution is 0.0561. The molecule has 15 rings (SSSR count). The predicted octanol–water partition coefficient (Wildman–Crippen LogP) is 17.5. The number of thiophene rings is 1. The summed E-state index contributed by atoms with van der Waals surface area (Å²) in [5.41, 5.74) is 14.6. The van der Waals surface area contributed by atoms with Gasteiger partial charge in [0.25, 0.3) is 5.91 Å². The summed E-state index contributed by atoms with van der Waals surface area (Å²) in [6.07, 6.45) is 14.7. The summed E-state index contributed by atoms with van der Waals surface area (Å²) < 4.78 is 58.4. The second kappa shape index (κ2) is 32.4. The number of nitrogens with zero attached hydrogens (tertiary/aromatic N) is 9. The molecule has 3 atom stereocenters. The van der Waals surface area contributed by atoms with Gasteiger partial charge in [0.15, 0.2) is 12.2 Å². The molecule has 4 N–H and O–H groups in total. The number of halogens is 9. The fourth-order valence-corrected chi connectivity index (χ4v) is 15.0. The van der Waals surface area contributed by atoms with Gasteiger partial charge in [0.2, 0.25) is 0 Å². The number of amides is 1. The fourth-order valence-electron chi connectivity index (χ4n) is 12.0. The Labute approximate surface area is 618 Å². The van der Waals surface area contributed by atoms with Crippen molar-refractivity contribution in [2.75, 3.05) is 70.9 Å². The van der Waals surface area contributed by atoms with E-state index in [-0.39, 0.29) is 27.0 Å². The van der Waals surface area contributed by atoms with E-state index in [4.69, 9.17) is 93.1 Å². The molecular weight excluding hydrogens is 1450 g/mol. The normalized spacial score (nSPS) is 14.4. The maximum absolute atomic E-state index is 14.0. The van der Waals surface area contributed by atoms with E-state index in [1.54, 1.807) is 66.8 Å². The Kier molecular flexibility index (Phi) is 22.8. The van der Waals surface area contributed by atoms with E-state index < -0.39 is 29.7 Å². The third-order valence-corrected chi connectivity index (χ3v) is 20.6. The number of benzene rings is 3. The number of furan rings is 2. The predicted molar refractivity (Wildman–Crippen MR) is 398 cm³/mol. The van der Waals surface area contributed by atoms with Crippen LogP contribution in [0.4, 0.5) is 13.2 Å². The number of rotatable bonds is 19. The summed E-state index contributed by atoms with van der Waals surface area (Å²) in [6.45, 7) is 15.6. The molecule has 526 valence electrons. The van der Waals surface area contributed by atoms with Crippen molar-refractivity contribution in [3.63, 3.8) is 0 Å². The number of aromatic nitrogens is 7. The van der Waals surface area contributed by atoms with Gasteiger partial charge in [-0.3, -0.25) is 34.2 Å². The van der Waals surface area contributed by atoms with E-state index in [1.165, 1.54) is 47.7 Å². The van der Waals surface area contributed by atoms with Crippen molar-refractivity contribution in [3.05, 3.63) is 246 Å². The Morgan fingerprint density at radius 3 is 1.80 bits per heavy atom. The second-order valence-corrected chi connectivity index (χ2v) is 27.7. The number of pyridine rings is 4. The molecule has 2 aliphatic rings. The molecule has 28 heteroatoms. The van der Waals surface area contributed by atoms with Crippen LogP contribution in [0.2, 0.25) is 30.1 Å². The molecule has 2 saturated heterocycles. The third-order valence-electron chi connectivity index (χ3n) is 17.4. The van der Waals surface area contributed by atoms with Crippen molar-refractivity contribution >= 4 is 120 Å².